The van der Waals surface area contributed by atoms with Crippen LogP contribution in [0.1, 0.15) is 71.6 Å². The average molecular weight is 293 g/mol. The second-order valence-corrected chi connectivity index (χ2v) is 8.23. The Morgan fingerprint density at radius 2 is 1.90 bits per heavy atom. The summed E-state index contributed by atoms with van der Waals surface area (Å²) in [4.78, 5) is 0. The van der Waals surface area contributed by atoms with Crippen molar-refractivity contribution in [3.05, 3.63) is 0 Å². The Morgan fingerprint density at radius 1 is 1.14 bits per heavy atom. The van der Waals surface area contributed by atoms with Gasteiger partial charge in [0.25, 0.3) is 0 Å². The lowest BCUT2D eigenvalue weighted by atomic mass is 9.71. The molecule has 3 aliphatic rings. The fourth-order valence-electron chi connectivity index (χ4n) is 5.64. The molecule has 3 aliphatic carbocycles. The lowest BCUT2D eigenvalue weighted by molar-refractivity contribution is -0.0806. The molecule has 3 saturated carbocycles. The maximum Gasteiger partial charge on any atom is 0.0831 e. The summed E-state index contributed by atoms with van der Waals surface area (Å²) in [6.45, 7) is 5.73. The van der Waals surface area contributed by atoms with Gasteiger partial charge in [0.05, 0.1) is 5.60 Å². The third-order valence-electron chi connectivity index (χ3n) is 7.04. The first-order valence-corrected chi connectivity index (χ1v) is 9.45. The number of likely N-dealkylation sites (N-methyl/N-ethyl adjacent to an activating group) is 1. The molecule has 2 nitrogen and oxygen atoms in total. The van der Waals surface area contributed by atoms with Crippen molar-refractivity contribution in [2.24, 2.45) is 23.7 Å². The van der Waals surface area contributed by atoms with E-state index in [1.807, 2.05) is 7.11 Å². The minimum atomic E-state index is 0.115. The topological polar surface area (TPSA) is 21.3 Å². The summed E-state index contributed by atoms with van der Waals surface area (Å²) in [5.41, 5.74) is 0.115. The highest BCUT2D eigenvalue weighted by molar-refractivity contribution is 5.00. The van der Waals surface area contributed by atoms with E-state index >= 15 is 0 Å². The summed E-state index contributed by atoms with van der Waals surface area (Å²) in [7, 11) is 1.96. The quantitative estimate of drug-likeness (QED) is 0.784. The van der Waals surface area contributed by atoms with E-state index in [9.17, 15) is 0 Å². The van der Waals surface area contributed by atoms with E-state index in [0.717, 1.165) is 30.2 Å². The van der Waals surface area contributed by atoms with Gasteiger partial charge in [0.1, 0.15) is 0 Å². The van der Waals surface area contributed by atoms with Crippen molar-refractivity contribution >= 4 is 0 Å². The standard InChI is InChI=1S/C19H35NO/c1-4-20-18(13-17-12-15-5-6-16(17)11-15)19(21-3)9-7-14(2)8-10-19/h14-18,20H,4-13H2,1-3H3. The molecular formula is C19H35NO. The summed E-state index contributed by atoms with van der Waals surface area (Å²) >= 11 is 0. The zero-order valence-electron chi connectivity index (χ0n) is 14.4. The number of hydrogen-bond donors (Lipinski definition) is 1. The Hall–Kier alpha value is -0.0800. The van der Waals surface area contributed by atoms with E-state index in [1.54, 1.807) is 0 Å². The van der Waals surface area contributed by atoms with Crippen LogP contribution in [0.4, 0.5) is 0 Å². The van der Waals surface area contributed by atoms with Crippen molar-refractivity contribution in [1.29, 1.82) is 0 Å². The Balaban J connectivity index is 1.67. The molecule has 1 N–H and O–H groups in total. The van der Waals surface area contributed by atoms with Gasteiger partial charge in [0.2, 0.25) is 0 Å². The Bertz CT molecular complexity index is 334. The molecule has 0 aliphatic heterocycles. The smallest absolute Gasteiger partial charge is 0.0831 e. The molecule has 3 fully saturated rings. The molecule has 0 amide bonds. The molecule has 0 heterocycles. The van der Waals surface area contributed by atoms with Crippen LogP contribution in [0.5, 0.6) is 0 Å². The number of rotatable bonds is 6. The second-order valence-electron chi connectivity index (χ2n) is 8.23. The van der Waals surface area contributed by atoms with E-state index in [-0.39, 0.29) is 5.60 Å². The van der Waals surface area contributed by atoms with Gasteiger partial charge in [-0.05, 0) is 81.6 Å². The molecule has 3 rings (SSSR count). The fraction of sp³-hybridized carbons (Fsp3) is 1.00. The van der Waals surface area contributed by atoms with Gasteiger partial charge in [-0.3, -0.25) is 0 Å². The fourth-order valence-corrected chi connectivity index (χ4v) is 5.64. The molecule has 4 unspecified atom stereocenters. The van der Waals surface area contributed by atoms with Crippen LogP contribution >= 0.6 is 0 Å². The second kappa shape index (κ2) is 6.58. The van der Waals surface area contributed by atoms with E-state index in [2.05, 4.69) is 19.2 Å². The molecule has 2 bridgehead atoms. The number of hydrogen-bond acceptors (Lipinski definition) is 2. The first-order chi connectivity index (χ1) is 10.2. The van der Waals surface area contributed by atoms with Crippen LogP contribution in [0.2, 0.25) is 0 Å². The Kier molecular flexibility index (Phi) is 4.95. The van der Waals surface area contributed by atoms with Gasteiger partial charge < -0.3 is 10.1 Å². The monoisotopic (exact) mass is 293 g/mol. The normalized spacial score (nSPS) is 44.1. The number of methoxy groups -OCH3 is 1. The zero-order valence-corrected chi connectivity index (χ0v) is 14.4. The lowest BCUT2D eigenvalue weighted by Gasteiger charge is -2.46. The van der Waals surface area contributed by atoms with Gasteiger partial charge in [-0.2, -0.15) is 0 Å². The molecule has 0 saturated heterocycles. The van der Waals surface area contributed by atoms with Crippen LogP contribution in [0.3, 0.4) is 0 Å². The minimum absolute atomic E-state index is 0.115. The van der Waals surface area contributed by atoms with E-state index in [0.29, 0.717) is 6.04 Å². The first kappa shape index (κ1) is 15.8. The maximum atomic E-state index is 6.17. The minimum Gasteiger partial charge on any atom is -0.377 e. The molecule has 122 valence electrons. The molecule has 4 atom stereocenters. The van der Waals surface area contributed by atoms with Gasteiger partial charge >= 0.3 is 0 Å². The zero-order chi connectivity index (χ0) is 14.9. The molecular weight excluding hydrogens is 258 g/mol. The van der Waals surface area contributed by atoms with Crippen LogP contribution < -0.4 is 5.32 Å². The molecule has 0 aromatic carbocycles. The predicted molar refractivity (Wildman–Crippen MR) is 88.4 cm³/mol. The number of nitrogens with one attached hydrogen (secondary N) is 1. The summed E-state index contributed by atoms with van der Waals surface area (Å²) in [6, 6.07) is 0.573. The van der Waals surface area contributed by atoms with Gasteiger partial charge in [-0.15, -0.1) is 0 Å². The highest BCUT2D eigenvalue weighted by Crippen LogP contribution is 2.51. The van der Waals surface area contributed by atoms with Crippen molar-refractivity contribution in [2.45, 2.75) is 83.3 Å². The summed E-state index contributed by atoms with van der Waals surface area (Å²) in [5.74, 6) is 3.96. The number of ether oxygens (including phenoxy) is 1. The van der Waals surface area contributed by atoms with Crippen molar-refractivity contribution in [2.75, 3.05) is 13.7 Å². The largest absolute Gasteiger partial charge is 0.377 e. The molecule has 2 heteroatoms. The van der Waals surface area contributed by atoms with Crippen LogP contribution in [0, 0.1) is 23.7 Å². The van der Waals surface area contributed by atoms with Crippen LogP contribution in [0.15, 0.2) is 0 Å². The SMILES string of the molecule is CCNC(CC1CC2CCC1C2)C1(OC)CCC(C)CC1. The summed E-state index contributed by atoms with van der Waals surface area (Å²) in [6.07, 6.45) is 12.6. The van der Waals surface area contributed by atoms with Gasteiger partial charge in [-0.1, -0.05) is 20.3 Å². The van der Waals surface area contributed by atoms with Crippen molar-refractivity contribution < 1.29 is 4.74 Å². The first-order valence-electron chi connectivity index (χ1n) is 9.45. The van der Waals surface area contributed by atoms with Crippen molar-refractivity contribution in [3.63, 3.8) is 0 Å². The van der Waals surface area contributed by atoms with Gasteiger partial charge in [-0.25, -0.2) is 0 Å². The van der Waals surface area contributed by atoms with Crippen molar-refractivity contribution in [3.8, 4) is 0 Å². The van der Waals surface area contributed by atoms with E-state index in [1.165, 1.54) is 57.8 Å². The molecule has 0 radical (unpaired) electrons. The third kappa shape index (κ3) is 3.17. The average Bonchev–Trinajstić information content (AvgIpc) is 3.11. The van der Waals surface area contributed by atoms with Crippen LogP contribution in [-0.2, 0) is 4.74 Å². The van der Waals surface area contributed by atoms with Crippen LogP contribution in [-0.4, -0.2) is 25.3 Å². The lowest BCUT2D eigenvalue weighted by Crippen LogP contribution is -2.54. The molecule has 21 heavy (non-hydrogen) atoms. The van der Waals surface area contributed by atoms with E-state index < -0.39 is 0 Å². The molecule has 0 aromatic heterocycles. The van der Waals surface area contributed by atoms with Crippen LogP contribution in [0.25, 0.3) is 0 Å². The van der Waals surface area contributed by atoms with Crippen molar-refractivity contribution in [1.82, 2.24) is 5.32 Å². The third-order valence-corrected chi connectivity index (χ3v) is 7.04. The number of fused-ring (bicyclic) bond motifs is 2. The summed E-state index contributed by atoms with van der Waals surface area (Å²) < 4.78 is 6.17. The molecule has 0 aromatic rings. The van der Waals surface area contributed by atoms with Gasteiger partial charge in [0.15, 0.2) is 0 Å². The Morgan fingerprint density at radius 3 is 2.43 bits per heavy atom. The maximum absolute atomic E-state index is 6.17. The Labute approximate surface area is 131 Å². The van der Waals surface area contributed by atoms with Gasteiger partial charge in [0, 0.05) is 13.2 Å². The highest BCUT2D eigenvalue weighted by atomic mass is 16.5. The summed E-state index contributed by atoms with van der Waals surface area (Å²) in [5, 5.41) is 3.82. The molecule has 0 spiro atoms. The highest BCUT2D eigenvalue weighted by Gasteiger charge is 2.46. The van der Waals surface area contributed by atoms with E-state index in [4.69, 9.17) is 4.74 Å². The predicted octanol–water partition coefficient (Wildman–Crippen LogP) is 4.39.